The van der Waals surface area contributed by atoms with Crippen molar-refractivity contribution in [2.45, 2.75) is 83.4 Å². The smallest absolute Gasteiger partial charge is 0.412 e. The van der Waals surface area contributed by atoms with Crippen LogP contribution in [0.1, 0.15) is 64.3 Å². The van der Waals surface area contributed by atoms with Crippen molar-refractivity contribution in [2.75, 3.05) is 38.2 Å². The van der Waals surface area contributed by atoms with E-state index < -0.39 is 16.9 Å². The Labute approximate surface area is 304 Å². The Balaban J connectivity index is 1.19. The number of unbranched alkanes of at least 4 members (excludes halogenated alkanes) is 3. The first-order valence-corrected chi connectivity index (χ1v) is 18.1. The highest BCUT2D eigenvalue weighted by Gasteiger charge is 2.35. The maximum atomic E-state index is 13.2. The van der Waals surface area contributed by atoms with Gasteiger partial charge in [0.25, 0.3) is 0 Å². The molecule has 4 aromatic rings. The standard InChI is InChI=1S/C37H49N7O6S/c1-4-49-24-30-40-32-33(44(30)25-37(2,3)48)27-16-10-11-17-28(27)39-34(32)41-36(47)50-21-20-42(23-26-14-8-7-9-15-26)38-18-12-5-6-13-19-43-31(45)22-29(51)35(43)46/h7-11,14-17,29,38,48,51H,4-6,12-13,18-25H2,1-3H3,(H,39,41,47). The maximum absolute atomic E-state index is 13.2. The summed E-state index contributed by atoms with van der Waals surface area (Å²) in [6, 6.07) is 17.7. The molecule has 1 saturated heterocycles. The highest BCUT2D eigenvalue weighted by molar-refractivity contribution is 7.81. The van der Waals surface area contributed by atoms with Crippen LogP contribution in [-0.4, -0.2) is 91.2 Å². The molecule has 0 radical (unpaired) electrons. The van der Waals surface area contributed by atoms with Gasteiger partial charge in [0, 0.05) is 44.6 Å². The van der Waals surface area contributed by atoms with Crippen LogP contribution in [0.2, 0.25) is 0 Å². The van der Waals surface area contributed by atoms with Crippen molar-refractivity contribution in [3.63, 3.8) is 0 Å². The number of likely N-dealkylation sites (tertiary alicyclic amines) is 1. The molecular formula is C37H49N7O6S. The molecule has 13 nitrogen and oxygen atoms in total. The van der Waals surface area contributed by atoms with Gasteiger partial charge in [0.2, 0.25) is 11.8 Å². The first-order valence-electron chi connectivity index (χ1n) is 17.6. The summed E-state index contributed by atoms with van der Waals surface area (Å²) < 4.78 is 13.3. The van der Waals surface area contributed by atoms with Crippen LogP contribution in [0.15, 0.2) is 54.6 Å². The van der Waals surface area contributed by atoms with Gasteiger partial charge in [-0.3, -0.25) is 25.2 Å². The number of carbonyl (C=O) groups is 3. The van der Waals surface area contributed by atoms with Crippen LogP contribution in [0.5, 0.6) is 0 Å². The Kier molecular flexibility index (Phi) is 13.4. The van der Waals surface area contributed by atoms with Crippen LogP contribution in [0, 0.1) is 0 Å². The van der Waals surface area contributed by atoms with Crippen molar-refractivity contribution in [1.29, 1.82) is 0 Å². The lowest BCUT2D eigenvalue weighted by molar-refractivity contribution is -0.138. The number of para-hydroxylation sites is 1. The average molecular weight is 720 g/mol. The Morgan fingerprint density at radius 3 is 2.53 bits per heavy atom. The van der Waals surface area contributed by atoms with Crippen LogP contribution in [0.4, 0.5) is 10.6 Å². The fourth-order valence-corrected chi connectivity index (χ4v) is 6.41. The second-order valence-corrected chi connectivity index (χ2v) is 14.0. The van der Waals surface area contributed by atoms with Crippen LogP contribution in [0.3, 0.4) is 0 Å². The quantitative estimate of drug-likeness (QED) is 0.0448. The van der Waals surface area contributed by atoms with E-state index >= 15 is 0 Å². The predicted octanol–water partition coefficient (Wildman–Crippen LogP) is 5.06. The molecule has 1 aliphatic rings. The lowest BCUT2D eigenvalue weighted by Gasteiger charge is -2.23. The molecule has 2 aromatic carbocycles. The second kappa shape index (κ2) is 17.9. The third-order valence-corrected chi connectivity index (χ3v) is 8.94. The molecule has 0 saturated carbocycles. The number of anilines is 1. The number of imidazole rings is 1. The number of thiol groups is 1. The largest absolute Gasteiger partial charge is 0.448 e. The number of rotatable bonds is 19. The van der Waals surface area contributed by atoms with Crippen molar-refractivity contribution < 1.29 is 29.0 Å². The summed E-state index contributed by atoms with van der Waals surface area (Å²) >= 11 is 4.19. The van der Waals surface area contributed by atoms with Gasteiger partial charge in [0.05, 0.1) is 28.4 Å². The molecule has 3 heterocycles. The van der Waals surface area contributed by atoms with Crippen molar-refractivity contribution in [3.8, 4) is 0 Å². The van der Waals surface area contributed by atoms with Crippen LogP contribution in [0.25, 0.3) is 21.9 Å². The highest BCUT2D eigenvalue weighted by Crippen LogP contribution is 2.31. The van der Waals surface area contributed by atoms with Gasteiger partial charge in [-0.25, -0.2) is 19.8 Å². The zero-order chi connectivity index (χ0) is 36.4. The van der Waals surface area contributed by atoms with Gasteiger partial charge in [-0.15, -0.1) is 0 Å². The minimum Gasteiger partial charge on any atom is -0.448 e. The van der Waals surface area contributed by atoms with E-state index in [4.69, 9.17) is 19.4 Å². The van der Waals surface area contributed by atoms with Crippen LogP contribution >= 0.6 is 12.6 Å². The normalized spacial score (nSPS) is 15.1. The van der Waals surface area contributed by atoms with E-state index in [1.807, 2.05) is 71.1 Å². The van der Waals surface area contributed by atoms with Gasteiger partial charge in [-0.2, -0.15) is 12.6 Å². The van der Waals surface area contributed by atoms with Gasteiger partial charge in [0.1, 0.15) is 24.6 Å². The molecule has 1 fully saturated rings. The molecule has 1 atom stereocenters. The van der Waals surface area contributed by atoms with Crippen LogP contribution < -0.4 is 10.7 Å². The summed E-state index contributed by atoms with van der Waals surface area (Å²) in [6.07, 6.45) is 3.04. The SMILES string of the molecule is CCOCc1nc2c(NC(=O)OCCN(Cc3ccccc3)NCCCCCCN3C(=O)CC(S)C3=O)nc3ccccc3c2n1CC(C)(C)O. The third kappa shape index (κ3) is 10.5. The summed E-state index contributed by atoms with van der Waals surface area (Å²) in [6.45, 7) is 8.72. The number of aliphatic hydroxyl groups is 1. The monoisotopic (exact) mass is 719 g/mol. The fourth-order valence-electron chi connectivity index (χ4n) is 6.12. The van der Waals surface area contributed by atoms with Gasteiger partial charge in [0.15, 0.2) is 5.82 Å². The van der Waals surface area contributed by atoms with E-state index in [9.17, 15) is 19.5 Å². The number of hydrazine groups is 1. The summed E-state index contributed by atoms with van der Waals surface area (Å²) in [7, 11) is 0. The molecule has 1 aliphatic heterocycles. The summed E-state index contributed by atoms with van der Waals surface area (Å²) in [4.78, 5) is 48.1. The Morgan fingerprint density at radius 2 is 1.80 bits per heavy atom. The second-order valence-electron chi connectivity index (χ2n) is 13.3. The molecule has 0 bridgehead atoms. The highest BCUT2D eigenvalue weighted by atomic mass is 32.1. The zero-order valence-electron chi connectivity index (χ0n) is 29.6. The van der Waals surface area contributed by atoms with E-state index in [1.54, 1.807) is 13.8 Å². The minimum absolute atomic E-state index is 0.120. The summed E-state index contributed by atoms with van der Waals surface area (Å²) in [5.41, 5.74) is 5.46. The Bertz CT molecular complexity index is 1800. The number of aromatic nitrogens is 3. The summed E-state index contributed by atoms with van der Waals surface area (Å²) in [5.74, 6) is 0.558. The third-order valence-electron chi connectivity index (χ3n) is 8.54. The van der Waals surface area contributed by atoms with E-state index in [1.165, 1.54) is 4.90 Å². The fraction of sp³-hybridized carbons (Fsp3) is 0.486. The molecule has 51 heavy (non-hydrogen) atoms. The first kappa shape index (κ1) is 38.2. The predicted molar refractivity (Wildman–Crippen MR) is 199 cm³/mol. The first-order chi connectivity index (χ1) is 24.5. The van der Waals surface area contributed by atoms with E-state index in [-0.39, 0.29) is 43.8 Å². The van der Waals surface area contributed by atoms with Gasteiger partial charge in [-0.05, 0) is 45.2 Å². The molecule has 3 N–H and O–H groups in total. The molecule has 3 amide bonds. The minimum atomic E-state index is -1.03. The number of amides is 3. The molecule has 1 unspecified atom stereocenters. The number of ether oxygens (including phenoxy) is 2. The molecule has 2 aromatic heterocycles. The van der Waals surface area contributed by atoms with Crippen LogP contribution in [-0.2, 0) is 38.8 Å². The number of hydrogen-bond acceptors (Lipinski definition) is 11. The number of imide groups is 1. The summed E-state index contributed by atoms with van der Waals surface area (Å²) in [5, 5.41) is 15.9. The lowest BCUT2D eigenvalue weighted by Crippen LogP contribution is -2.40. The molecule has 0 spiro atoms. The van der Waals surface area contributed by atoms with Gasteiger partial charge >= 0.3 is 6.09 Å². The molecule has 0 aliphatic carbocycles. The molecule has 14 heteroatoms. The number of hydrogen-bond donors (Lipinski definition) is 4. The number of carbonyl (C=O) groups excluding carboxylic acids is 3. The maximum Gasteiger partial charge on any atom is 0.412 e. The number of nitrogens with one attached hydrogen (secondary N) is 2. The number of fused-ring (bicyclic) bond motifs is 3. The topological polar surface area (TPSA) is 151 Å². The number of nitrogens with zero attached hydrogens (tertiary/aromatic N) is 5. The number of pyridine rings is 1. The molecule has 274 valence electrons. The molecular weight excluding hydrogens is 671 g/mol. The zero-order valence-corrected chi connectivity index (χ0v) is 30.5. The van der Waals surface area contributed by atoms with Gasteiger partial charge in [-0.1, -0.05) is 61.4 Å². The van der Waals surface area contributed by atoms with E-state index in [0.29, 0.717) is 43.1 Å². The average Bonchev–Trinajstić information content (AvgIpc) is 3.57. The Morgan fingerprint density at radius 1 is 1.06 bits per heavy atom. The van der Waals surface area contributed by atoms with Crippen molar-refractivity contribution >= 4 is 58.3 Å². The van der Waals surface area contributed by atoms with Gasteiger partial charge < -0.3 is 19.1 Å². The Hall–Kier alpha value is -4.08. The van der Waals surface area contributed by atoms with E-state index in [0.717, 1.165) is 48.7 Å². The van der Waals surface area contributed by atoms with Crippen molar-refractivity contribution in [3.05, 3.63) is 66.0 Å². The molecule has 5 rings (SSSR count). The number of benzene rings is 2. The lowest BCUT2D eigenvalue weighted by atomic mass is 10.1. The van der Waals surface area contributed by atoms with Crippen molar-refractivity contribution in [2.24, 2.45) is 0 Å². The van der Waals surface area contributed by atoms with Crippen molar-refractivity contribution in [1.82, 2.24) is 29.9 Å². The van der Waals surface area contributed by atoms with E-state index in [2.05, 4.69) is 23.4 Å².